The highest BCUT2D eigenvalue weighted by Gasteiger charge is 2.10. The van der Waals surface area contributed by atoms with E-state index in [1.165, 1.54) is 14.0 Å². The summed E-state index contributed by atoms with van der Waals surface area (Å²) in [5.74, 6) is 0.306. The Hall–Kier alpha value is -1.88. The second-order valence-electron chi connectivity index (χ2n) is 3.80. The van der Waals surface area contributed by atoms with Crippen LogP contribution in [-0.2, 0) is 4.79 Å². The smallest absolute Gasteiger partial charge is 0.221 e. The zero-order valence-corrected chi connectivity index (χ0v) is 10.9. The van der Waals surface area contributed by atoms with Gasteiger partial charge in [-0.05, 0) is 24.7 Å². The molecule has 5 heteroatoms. The SMILES string of the molecule is CCNCC(=O)c1ccc(OC)c(NC(C)=O)c1. The number of carbonyl (C=O) groups excluding carboxylic acids is 2. The molecule has 2 N–H and O–H groups in total. The monoisotopic (exact) mass is 250 g/mol. The van der Waals surface area contributed by atoms with Gasteiger partial charge in [0.15, 0.2) is 5.78 Å². The molecule has 1 amide bonds. The molecular formula is C13H18N2O3. The van der Waals surface area contributed by atoms with Crippen LogP contribution in [0.15, 0.2) is 18.2 Å². The molecule has 0 aliphatic rings. The molecule has 0 spiro atoms. The zero-order valence-electron chi connectivity index (χ0n) is 10.9. The van der Waals surface area contributed by atoms with Crippen LogP contribution in [0.3, 0.4) is 0 Å². The van der Waals surface area contributed by atoms with E-state index in [1.54, 1.807) is 18.2 Å². The summed E-state index contributed by atoms with van der Waals surface area (Å²) in [6.07, 6.45) is 0. The van der Waals surface area contributed by atoms with Gasteiger partial charge in [-0.1, -0.05) is 6.92 Å². The summed E-state index contributed by atoms with van der Waals surface area (Å²) in [4.78, 5) is 22.9. The van der Waals surface area contributed by atoms with Gasteiger partial charge in [0.2, 0.25) is 5.91 Å². The number of Topliss-reactive ketones (excluding diaryl/α,β-unsaturated/α-hetero) is 1. The normalized spacial score (nSPS) is 9.94. The van der Waals surface area contributed by atoms with Crippen LogP contribution in [0.2, 0.25) is 0 Å². The Kier molecular flexibility index (Phi) is 5.32. The number of anilines is 1. The topological polar surface area (TPSA) is 67.4 Å². The predicted molar refractivity (Wildman–Crippen MR) is 70.2 cm³/mol. The van der Waals surface area contributed by atoms with E-state index in [1.807, 2.05) is 6.92 Å². The Morgan fingerprint density at radius 1 is 1.33 bits per heavy atom. The molecule has 1 aromatic rings. The molecule has 18 heavy (non-hydrogen) atoms. The lowest BCUT2D eigenvalue weighted by Gasteiger charge is -2.10. The van der Waals surface area contributed by atoms with Crippen molar-refractivity contribution in [3.63, 3.8) is 0 Å². The van der Waals surface area contributed by atoms with Crippen LogP contribution < -0.4 is 15.4 Å². The number of ketones is 1. The third kappa shape index (κ3) is 3.85. The van der Waals surface area contributed by atoms with Crippen molar-refractivity contribution in [2.45, 2.75) is 13.8 Å². The van der Waals surface area contributed by atoms with Crippen molar-refractivity contribution in [3.8, 4) is 5.75 Å². The fourth-order valence-corrected chi connectivity index (χ4v) is 1.51. The molecule has 1 rings (SSSR count). The molecule has 0 fully saturated rings. The first-order chi connectivity index (χ1) is 8.58. The number of methoxy groups -OCH3 is 1. The van der Waals surface area contributed by atoms with E-state index in [0.29, 0.717) is 17.0 Å². The minimum Gasteiger partial charge on any atom is -0.495 e. The van der Waals surface area contributed by atoms with Crippen LogP contribution in [0.5, 0.6) is 5.75 Å². The molecule has 0 saturated carbocycles. The Balaban J connectivity index is 2.94. The number of ether oxygens (including phenoxy) is 1. The van der Waals surface area contributed by atoms with Gasteiger partial charge in [0.1, 0.15) is 5.75 Å². The minimum absolute atomic E-state index is 0.0221. The maximum atomic E-state index is 11.8. The van der Waals surface area contributed by atoms with E-state index < -0.39 is 0 Å². The van der Waals surface area contributed by atoms with Crippen molar-refractivity contribution in [1.82, 2.24) is 5.32 Å². The first-order valence-corrected chi connectivity index (χ1v) is 5.78. The average Bonchev–Trinajstić information content (AvgIpc) is 2.35. The van der Waals surface area contributed by atoms with Gasteiger partial charge in [-0.15, -0.1) is 0 Å². The minimum atomic E-state index is -0.204. The van der Waals surface area contributed by atoms with Gasteiger partial charge >= 0.3 is 0 Å². The van der Waals surface area contributed by atoms with E-state index in [9.17, 15) is 9.59 Å². The van der Waals surface area contributed by atoms with Gasteiger partial charge < -0.3 is 15.4 Å². The van der Waals surface area contributed by atoms with Crippen molar-refractivity contribution in [3.05, 3.63) is 23.8 Å². The number of benzene rings is 1. The van der Waals surface area contributed by atoms with Gasteiger partial charge in [-0.2, -0.15) is 0 Å². The average molecular weight is 250 g/mol. The van der Waals surface area contributed by atoms with Gasteiger partial charge in [0, 0.05) is 12.5 Å². The third-order valence-corrected chi connectivity index (χ3v) is 2.37. The molecular weight excluding hydrogens is 232 g/mol. The van der Waals surface area contributed by atoms with E-state index in [0.717, 1.165) is 6.54 Å². The van der Waals surface area contributed by atoms with Gasteiger partial charge in [0.25, 0.3) is 0 Å². The number of carbonyl (C=O) groups is 2. The number of hydrogen-bond acceptors (Lipinski definition) is 4. The molecule has 0 unspecified atom stereocenters. The van der Waals surface area contributed by atoms with Gasteiger partial charge in [-0.3, -0.25) is 9.59 Å². The lowest BCUT2D eigenvalue weighted by molar-refractivity contribution is -0.114. The fourth-order valence-electron chi connectivity index (χ4n) is 1.51. The van der Waals surface area contributed by atoms with Crippen molar-refractivity contribution in [1.29, 1.82) is 0 Å². The summed E-state index contributed by atoms with van der Waals surface area (Å²) in [5, 5.41) is 5.61. The molecule has 1 aromatic carbocycles. The summed E-state index contributed by atoms with van der Waals surface area (Å²) >= 11 is 0. The second-order valence-corrected chi connectivity index (χ2v) is 3.80. The lowest BCUT2D eigenvalue weighted by Crippen LogP contribution is -2.22. The predicted octanol–water partition coefficient (Wildman–Crippen LogP) is 1.45. The number of rotatable bonds is 6. The maximum Gasteiger partial charge on any atom is 0.221 e. The van der Waals surface area contributed by atoms with Crippen molar-refractivity contribution in [2.24, 2.45) is 0 Å². The van der Waals surface area contributed by atoms with Crippen LogP contribution in [-0.4, -0.2) is 31.9 Å². The third-order valence-electron chi connectivity index (χ3n) is 2.37. The summed E-state index contributed by atoms with van der Waals surface area (Å²) in [6, 6.07) is 4.98. The van der Waals surface area contributed by atoms with Gasteiger partial charge in [-0.25, -0.2) is 0 Å². The molecule has 98 valence electrons. The van der Waals surface area contributed by atoms with E-state index in [-0.39, 0.29) is 18.2 Å². The van der Waals surface area contributed by atoms with E-state index in [2.05, 4.69) is 10.6 Å². The molecule has 0 saturated heterocycles. The highest BCUT2D eigenvalue weighted by atomic mass is 16.5. The van der Waals surface area contributed by atoms with Crippen LogP contribution in [0, 0.1) is 0 Å². The largest absolute Gasteiger partial charge is 0.495 e. The summed E-state index contributed by atoms with van der Waals surface area (Å²) < 4.78 is 5.12. The Morgan fingerprint density at radius 3 is 2.61 bits per heavy atom. The maximum absolute atomic E-state index is 11.8. The lowest BCUT2D eigenvalue weighted by atomic mass is 10.1. The number of likely N-dealkylation sites (N-methyl/N-ethyl adjacent to an activating group) is 1. The summed E-state index contributed by atoms with van der Waals surface area (Å²) in [6.45, 7) is 4.36. The summed E-state index contributed by atoms with van der Waals surface area (Å²) in [5.41, 5.74) is 1.05. The zero-order chi connectivity index (χ0) is 13.5. The van der Waals surface area contributed by atoms with Crippen LogP contribution in [0.4, 0.5) is 5.69 Å². The first kappa shape index (κ1) is 14.2. The fraction of sp³-hybridized carbons (Fsp3) is 0.385. The van der Waals surface area contributed by atoms with Gasteiger partial charge in [0.05, 0.1) is 19.3 Å². The Morgan fingerprint density at radius 2 is 2.06 bits per heavy atom. The first-order valence-electron chi connectivity index (χ1n) is 5.78. The molecule has 0 aliphatic heterocycles. The van der Waals surface area contributed by atoms with E-state index in [4.69, 9.17) is 4.74 Å². The molecule has 5 nitrogen and oxygen atoms in total. The Labute approximate surface area is 107 Å². The standard InChI is InChI=1S/C13H18N2O3/c1-4-14-8-12(17)10-5-6-13(18-3)11(7-10)15-9(2)16/h5-7,14H,4,8H2,1-3H3,(H,15,16). The van der Waals surface area contributed by atoms with Crippen molar-refractivity contribution in [2.75, 3.05) is 25.5 Å². The number of hydrogen-bond donors (Lipinski definition) is 2. The second kappa shape index (κ2) is 6.76. The molecule has 0 aromatic heterocycles. The highest BCUT2D eigenvalue weighted by Crippen LogP contribution is 2.25. The van der Waals surface area contributed by atoms with E-state index >= 15 is 0 Å². The van der Waals surface area contributed by atoms with Crippen molar-refractivity contribution >= 4 is 17.4 Å². The van der Waals surface area contributed by atoms with Crippen LogP contribution in [0.1, 0.15) is 24.2 Å². The Bertz CT molecular complexity index is 444. The molecule has 0 aliphatic carbocycles. The molecule has 0 bridgehead atoms. The highest BCUT2D eigenvalue weighted by molar-refractivity contribution is 6.00. The number of nitrogens with one attached hydrogen (secondary N) is 2. The molecule has 0 heterocycles. The van der Waals surface area contributed by atoms with Crippen molar-refractivity contribution < 1.29 is 14.3 Å². The number of amides is 1. The van der Waals surface area contributed by atoms with Crippen LogP contribution >= 0.6 is 0 Å². The molecule has 0 radical (unpaired) electrons. The molecule has 0 atom stereocenters. The van der Waals surface area contributed by atoms with Crippen LogP contribution in [0.25, 0.3) is 0 Å². The summed E-state index contributed by atoms with van der Waals surface area (Å²) in [7, 11) is 1.51. The quantitative estimate of drug-likeness (QED) is 0.750.